The van der Waals surface area contributed by atoms with E-state index in [1.165, 1.54) is 14.2 Å². The molecule has 2 N–H and O–H groups in total. The Morgan fingerprint density at radius 1 is 0.730 bits per heavy atom. The molecule has 0 unspecified atom stereocenters. The van der Waals surface area contributed by atoms with E-state index in [-0.39, 0.29) is 22.1 Å². The highest BCUT2D eigenvalue weighted by molar-refractivity contribution is 7.92. The first-order chi connectivity index (χ1) is 17.9. The summed E-state index contributed by atoms with van der Waals surface area (Å²) in [6.45, 7) is 0. The van der Waals surface area contributed by atoms with E-state index < -0.39 is 9.84 Å². The van der Waals surface area contributed by atoms with Gasteiger partial charge in [0.05, 0.1) is 35.4 Å². The molecule has 4 aromatic carbocycles. The van der Waals surface area contributed by atoms with Crippen LogP contribution in [0.1, 0.15) is 0 Å². The third-order valence-corrected chi connectivity index (χ3v) is 8.38. The van der Waals surface area contributed by atoms with Gasteiger partial charge in [-0.3, -0.25) is 0 Å². The number of ether oxygens (including phenoxy) is 2. The summed E-state index contributed by atoms with van der Waals surface area (Å²) in [5.41, 5.74) is 4.91. The topological polar surface area (TPSA) is 102 Å². The lowest BCUT2D eigenvalue weighted by Crippen LogP contribution is -1.97. The second kappa shape index (κ2) is 8.53. The number of phenolic OH excluding ortho intramolecular Hbond substituents is 1. The molecule has 0 aliphatic carbocycles. The summed E-state index contributed by atoms with van der Waals surface area (Å²) in [4.78, 5) is 8.86. The average Bonchev–Trinajstić information content (AvgIpc) is 3.47. The maximum absolute atomic E-state index is 13.3. The smallest absolute Gasteiger partial charge is 0.207 e. The van der Waals surface area contributed by atoms with Crippen molar-refractivity contribution in [3.63, 3.8) is 0 Å². The highest BCUT2D eigenvalue weighted by Crippen LogP contribution is 2.46. The first-order valence-electron chi connectivity index (χ1n) is 11.5. The minimum Gasteiger partial charge on any atom is -0.502 e. The molecule has 0 saturated carbocycles. The SMILES string of the molecule is COc1cc(-c2nc(-c3ccc4c(c3)S(=O)(=O)c3ccccc3-4)c(-c3ccccc3)[nH]2)cc(OC)c1O. The number of methoxy groups -OCH3 is 2. The van der Waals surface area contributed by atoms with Crippen LogP contribution < -0.4 is 9.47 Å². The zero-order valence-electron chi connectivity index (χ0n) is 20.0. The van der Waals surface area contributed by atoms with Gasteiger partial charge in [0, 0.05) is 27.8 Å². The van der Waals surface area contributed by atoms with E-state index in [4.69, 9.17) is 14.5 Å². The van der Waals surface area contributed by atoms with E-state index in [0.717, 1.165) is 11.3 Å². The van der Waals surface area contributed by atoms with Crippen LogP contribution in [0, 0.1) is 0 Å². The van der Waals surface area contributed by atoms with E-state index >= 15 is 0 Å². The minimum atomic E-state index is -3.64. The fourth-order valence-corrected chi connectivity index (χ4v) is 6.43. The number of imidazole rings is 1. The van der Waals surface area contributed by atoms with Crippen LogP contribution in [0.3, 0.4) is 0 Å². The largest absolute Gasteiger partial charge is 0.502 e. The van der Waals surface area contributed by atoms with Gasteiger partial charge in [-0.25, -0.2) is 13.4 Å². The third-order valence-electron chi connectivity index (χ3n) is 6.53. The number of sulfone groups is 1. The van der Waals surface area contributed by atoms with E-state index in [0.29, 0.717) is 38.7 Å². The average molecular weight is 511 g/mol. The molecule has 0 saturated heterocycles. The molecule has 5 aromatic rings. The van der Waals surface area contributed by atoms with Crippen molar-refractivity contribution in [3.8, 4) is 62.3 Å². The van der Waals surface area contributed by atoms with Gasteiger partial charge in [0.2, 0.25) is 15.6 Å². The molecule has 37 heavy (non-hydrogen) atoms. The number of fused-ring (bicyclic) bond motifs is 3. The van der Waals surface area contributed by atoms with Crippen molar-refractivity contribution in [3.05, 3.63) is 84.9 Å². The standard InChI is InChI=1S/C29H22N2O5S/c1-35-22-14-19(15-23(36-2)28(22)32)29-30-26(17-8-4-3-5-9-17)27(31-29)18-12-13-21-20-10-6-7-11-24(20)37(33,34)25(21)16-18/h3-16,32H,1-2H3,(H,30,31). The van der Waals surface area contributed by atoms with Crippen molar-refractivity contribution in [2.45, 2.75) is 9.79 Å². The van der Waals surface area contributed by atoms with E-state index in [2.05, 4.69) is 4.98 Å². The predicted octanol–water partition coefficient (Wildman–Crippen LogP) is 5.95. The summed E-state index contributed by atoms with van der Waals surface area (Å²) >= 11 is 0. The Bertz CT molecular complexity index is 1750. The molecule has 184 valence electrons. The molecule has 1 aliphatic rings. The Labute approximate surface area is 213 Å². The van der Waals surface area contributed by atoms with Gasteiger partial charge in [0.15, 0.2) is 11.5 Å². The molecule has 0 spiro atoms. The second-order valence-electron chi connectivity index (χ2n) is 8.61. The van der Waals surface area contributed by atoms with Gasteiger partial charge >= 0.3 is 0 Å². The van der Waals surface area contributed by atoms with Crippen LogP contribution in [0.2, 0.25) is 0 Å². The van der Waals surface area contributed by atoms with Crippen molar-refractivity contribution >= 4 is 9.84 Å². The summed E-state index contributed by atoms with van der Waals surface area (Å²) in [5, 5.41) is 10.4. The van der Waals surface area contributed by atoms with Gasteiger partial charge in [-0.05, 0) is 24.3 Å². The van der Waals surface area contributed by atoms with Crippen LogP contribution in [0.25, 0.3) is 45.0 Å². The Morgan fingerprint density at radius 2 is 1.38 bits per heavy atom. The Morgan fingerprint density at radius 3 is 2.08 bits per heavy atom. The molecule has 6 rings (SSSR count). The fraction of sp³-hybridized carbons (Fsp3) is 0.0690. The Kier molecular flexibility index (Phi) is 5.27. The monoisotopic (exact) mass is 510 g/mol. The molecule has 7 nitrogen and oxygen atoms in total. The summed E-state index contributed by atoms with van der Waals surface area (Å²) in [5.74, 6) is 0.897. The lowest BCUT2D eigenvalue weighted by molar-refractivity contribution is 0.340. The predicted molar refractivity (Wildman–Crippen MR) is 141 cm³/mol. The number of benzene rings is 4. The van der Waals surface area contributed by atoms with Crippen molar-refractivity contribution in [1.29, 1.82) is 0 Å². The number of nitrogens with one attached hydrogen (secondary N) is 1. The molecular weight excluding hydrogens is 488 g/mol. The summed E-state index contributed by atoms with van der Waals surface area (Å²) in [7, 11) is -0.715. The zero-order chi connectivity index (χ0) is 25.7. The molecule has 2 heterocycles. The van der Waals surface area contributed by atoms with Crippen LogP contribution in [0.15, 0.2) is 94.7 Å². The maximum atomic E-state index is 13.3. The first-order valence-corrected chi connectivity index (χ1v) is 13.0. The number of nitrogens with zero attached hydrogens (tertiary/aromatic N) is 1. The minimum absolute atomic E-state index is 0.104. The van der Waals surface area contributed by atoms with E-state index in [1.807, 2.05) is 54.6 Å². The molecule has 8 heteroatoms. The fourth-order valence-electron chi connectivity index (χ4n) is 4.72. The maximum Gasteiger partial charge on any atom is 0.207 e. The van der Waals surface area contributed by atoms with Gasteiger partial charge in [-0.2, -0.15) is 0 Å². The van der Waals surface area contributed by atoms with Crippen LogP contribution >= 0.6 is 0 Å². The number of phenols is 1. The Balaban J connectivity index is 1.56. The number of aromatic nitrogens is 2. The molecule has 1 aromatic heterocycles. The van der Waals surface area contributed by atoms with Gasteiger partial charge in [-0.1, -0.05) is 60.7 Å². The van der Waals surface area contributed by atoms with Gasteiger partial charge in [0.25, 0.3) is 0 Å². The van der Waals surface area contributed by atoms with E-state index in [1.54, 1.807) is 30.3 Å². The van der Waals surface area contributed by atoms with Crippen molar-refractivity contribution in [2.24, 2.45) is 0 Å². The molecule has 0 bridgehead atoms. The van der Waals surface area contributed by atoms with Crippen LogP contribution in [0.5, 0.6) is 17.2 Å². The Hall–Kier alpha value is -4.56. The molecule has 0 radical (unpaired) electrons. The highest BCUT2D eigenvalue weighted by Gasteiger charge is 2.33. The van der Waals surface area contributed by atoms with Gasteiger partial charge in [-0.15, -0.1) is 0 Å². The number of rotatable bonds is 5. The molecule has 1 aliphatic heterocycles. The first kappa shape index (κ1) is 22.9. The van der Waals surface area contributed by atoms with Crippen LogP contribution in [-0.4, -0.2) is 37.7 Å². The third kappa shape index (κ3) is 3.56. The number of aromatic amines is 1. The zero-order valence-corrected chi connectivity index (χ0v) is 20.8. The molecule has 0 fully saturated rings. The molecule has 0 amide bonds. The van der Waals surface area contributed by atoms with Crippen LogP contribution in [0.4, 0.5) is 0 Å². The van der Waals surface area contributed by atoms with Crippen molar-refractivity contribution in [1.82, 2.24) is 9.97 Å². The molecular formula is C29H22N2O5S. The lowest BCUT2D eigenvalue weighted by atomic mass is 10.0. The molecule has 0 atom stereocenters. The van der Waals surface area contributed by atoms with Crippen LogP contribution in [-0.2, 0) is 9.84 Å². The number of H-pyrrole nitrogens is 1. The number of hydrogen-bond donors (Lipinski definition) is 2. The summed E-state index contributed by atoms with van der Waals surface area (Å²) in [6.07, 6.45) is 0. The van der Waals surface area contributed by atoms with Crippen molar-refractivity contribution < 1.29 is 23.0 Å². The second-order valence-corrected chi connectivity index (χ2v) is 10.5. The normalized spacial score (nSPS) is 13.1. The van der Waals surface area contributed by atoms with E-state index in [9.17, 15) is 13.5 Å². The number of aromatic hydroxyl groups is 1. The van der Waals surface area contributed by atoms with Gasteiger partial charge in [0.1, 0.15) is 5.82 Å². The number of hydrogen-bond acceptors (Lipinski definition) is 6. The van der Waals surface area contributed by atoms with Gasteiger partial charge < -0.3 is 19.6 Å². The quantitative estimate of drug-likeness (QED) is 0.297. The highest BCUT2D eigenvalue weighted by atomic mass is 32.2. The van der Waals surface area contributed by atoms with Crippen molar-refractivity contribution in [2.75, 3.05) is 14.2 Å². The lowest BCUT2D eigenvalue weighted by Gasteiger charge is -2.10. The summed E-state index contributed by atoms with van der Waals surface area (Å²) in [6, 6.07) is 25.5. The summed E-state index contributed by atoms with van der Waals surface area (Å²) < 4.78 is 37.3.